The molecule has 1 rings (SSSR count). The first-order chi connectivity index (χ1) is 7.20. The molecule has 1 unspecified atom stereocenters. The molecule has 0 aliphatic rings. The molecule has 0 aliphatic heterocycles. The molecule has 1 aromatic rings. The van der Waals surface area contributed by atoms with Crippen LogP contribution in [0.3, 0.4) is 0 Å². The number of carbonyl (C=O) groups is 1. The van der Waals surface area contributed by atoms with E-state index in [-0.39, 0.29) is 0 Å². The molecule has 1 N–H and O–H groups in total. The third-order valence-electron chi connectivity index (χ3n) is 2.33. The normalized spacial score (nSPS) is 11.7. The number of nitriles is 1. The van der Waals surface area contributed by atoms with Crippen LogP contribution >= 0.6 is 0 Å². The third kappa shape index (κ3) is 2.57. The average Bonchev–Trinajstić information content (AvgIpc) is 2.25. The summed E-state index contributed by atoms with van der Waals surface area (Å²) in [6.07, 6.45) is 1.35. The lowest BCUT2D eigenvalue weighted by molar-refractivity contribution is -0.139. The van der Waals surface area contributed by atoms with E-state index in [9.17, 15) is 4.79 Å². The maximum Gasteiger partial charge on any atom is 0.311 e. The number of benzene rings is 1. The minimum Gasteiger partial charge on any atom is -0.481 e. The highest BCUT2D eigenvalue weighted by atomic mass is 16.4. The second-order valence-corrected chi connectivity index (χ2v) is 3.38. The van der Waals surface area contributed by atoms with Gasteiger partial charge in [-0.2, -0.15) is 5.26 Å². The Bertz CT molecular complexity index is 393. The maximum atomic E-state index is 11.0. The van der Waals surface area contributed by atoms with Gasteiger partial charge in [-0.3, -0.25) is 4.79 Å². The van der Waals surface area contributed by atoms with Crippen LogP contribution in [0.15, 0.2) is 24.3 Å². The smallest absolute Gasteiger partial charge is 0.311 e. The van der Waals surface area contributed by atoms with Gasteiger partial charge in [-0.1, -0.05) is 31.5 Å². The van der Waals surface area contributed by atoms with Crippen LogP contribution in [0.2, 0.25) is 0 Å². The Balaban J connectivity index is 3.11. The molecule has 15 heavy (non-hydrogen) atoms. The lowest BCUT2D eigenvalue weighted by atomic mass is 9.91. The number of nitrogens with zero attached hydrogens (tertiary/aromatic N) is 1. The molecule has 0 bridgehead atoms. The van der Waals surface area contributed by atoms with E-state index in [1.807, 2.05) is 13.0 Å². The Morgan fingerprint density at radius 2 is 2.20 bits per heavy atom. The van der Waals surface area contributed by atoms with Gasteiger partial charge in [0.15, 0.2) is 0 Å². The maximum absolute atomic E-state index is 11.0. The predicted octanol–water partition coefficient (Wildman–Crippen LogP) is 2.53. The number of hydrogen-bond acceptors (Lipinski definition) is 2. The van der Waals surface area contributed by atoms with E-state index in [0.717, 1.165) is 6.42 Å². The fourth-order valence-electron chi connectivity index (χ4n) is 1.60. The molecule has 0 spiro atoms. The molecule has 3 nitrogen and oxygen atoms in total. The summed E-state index contributed by atoms with van der Waals surface area (Å²) in [5, 5.41) is 17.9. The number of rotatable bonds is 4. The molecule has 0 fully saturated rings. The second kappa shape index (κ2) is 5.16. The number of aliphatic carboxylic acids is 1. The average molecular weight is 203 g/mol. The molecule has 0 saturated carbocycles. The van der Waals surface area contributed by atoms with Crippen molar-refractivity contribution in [2.45, 2.75) is 25.7 Å². The van der Waals surface area contributed by atoms with Crippen molar-refractivity contribution in [2.24, 2.45) is 0 Å². The Kier molecular flexibility index (Phi) is 3.87. The highest BCUT2D eigenvalue weighted by Crippen LogP contribution is 2.24. The van der Waals surface area contributed by atoms with E-state index < -0.39 is 11.9 Å². The van der Waals surface area contributed by atoms with E-state index in [4.69, 9.17) is 10.4 Å². The van der Waals surface area contributed by atoms with Crippen molar-refractivity contribution < 1.29 is 9.90 Å². The summed E-state index contributed by atoms with van der Waals surface area (Å²) in [4.78, 5) is 11.0. The third-order valence-corrected chi connectivity index (χ3v) is 2.33. The quantitative estimate of drug-likeness (QED) is 0.817. The molecule has 0 radical (unpaired) electrons. The largest absolute Gasteiger partial charge is 0.481 e. The van der Waals surface area contributed by atoms with Crippen molar-refractivity contribution in [2.75, 3.05) is 0 Å². The van der Waals surface area contributed by atoms with Crippen molar-refractivity contribution >= 4 is 5.97 Å². The lowest BCUT2D eigenvalue weighted by Gasteiger charge is -2.12. The molecule has 1 aromatic carbocycles. The van der Waals surface area contributed by atoms with Crippen LogP contribution in [-0.4, -0.2) is 11.1 Å². The first-order valence-electron chi connectivity index (χ1n) is 4.92. The molecule has 0 heterocycles. The first-order valence-corrected chi connectivity index (χ1v) is 4.92. The zero-order chi connectivity index (χ0) is 11.3. The van der Waals surface area contributed by atoms with Gasteiger partial charge >= 0.3 is 5.97 Å². The summed E-state index contributed by atoms with van der Waals surface area (Å²) in [5.41, 5.74) is 1.08. The van der Waals surface area contributed by atoms with Gasteiger partial charge in [0.2, 0.25) is 0 Å². The van der Waals surface area contributed by atoms with Gasteiger partial charge < -0.3 is 5.11 Å². The van der Waals surface area contributed by atoms with Gasteiger partial charge in [0.1, 0.15) is 0 Å². The minimum absolute atomic E-state index is 0.457. The summed E-state index contributed by atoms with van der Waals surface area (Å²) in [6.45, 7) is 1.94. The van der Waals surface area contributed by atoms with Crippen molar-refractivity contribution in [3.8, 4) is 6.07 Å². The van der Waals surface area contributed by atoms with E-state index in [1.54, 1.807) is 24.3 Å². The fraction of sp³-hybridized carbons (Fsp3) is 0.333. The molecule has 1 atom stereocenters. The molecule has 0 saturated heterocycles. The molecule has 0 amide bonds. The van der Waals surface area contributed by atoms with Crippen LogP contribution in [0.4, 0.5) is 0 Å². The van der Waals surface area contributed by atoms with E-state index in [0.29, 0.717) is 17.5 Å². The molecule has 3 heteroatoms. The van der Waals surface area contributed by atoms with Crippen molar-refractivity contribution in [3.63, 3.8) is 0 Å². The van der Waals surface area contributed by atoms with Crippen LogP contribution in [0.1, 0.15) is 36.8 Å². The zero-order valence-electron chi connectivity index (χ0n) is 8.60. The molecule has 78 valence electrons. The zero-order valence-corrected chi connectivity index (χ0v) is 8.60. The standard InChI is InChI=1S/C12H13NO2/c1-2-5-11(12(14)15)10-7-4-3-6-9(10)8-13/h3-4,6-7,11H,2,5H2,1H3,(H,14,15). The lowest BCUT2D eigenvalue weighted by Crippen LogP contribution is -2.12. The fourth-order valence-corrected chi connectivity index (χ4v) is 1.60. The van der Waals surface area contributed by atoms with Gasteiger partial charge in [0.05, 0.1) is 17.6 Å². The highest BCUT2D eigenvalue weighted by molar-refractivity contribution is 5.77. The van der Waals surface area contributed by atoms with Crippen molar-refractivity contribution in [1.29, 1.82) is 5.26 Å². The summed E-state index contributed by atoms with van der Waals surface area (Å²) >= 11 is 0. The summed E-state index contributed by atoms with van der Waals surface area (Å²) in [5.74, 6) is -1.43. The monoisotopic (exact) mass is 203 g/mol. The van der Waals surface area contributed by atoms with Crippen LogP contribution in [0, 0.1) is 11.3 Å². The summed E-state index contributed by atoms with van der Waals surface area (Å²) in [7, 11) is 0. The van der Waals surface area contributed by atoms with E-state index in [2.05, 4.69) is 0 Å². The minimum atomic E-state index is -0.862. The first kappa shape index (κ1) is 11.3. The van der Waals surface area contributed by atoms with Crippen LogP contribution < -0.4 is 0 Å². The number of hydrogen-bond donors (Lipinski definition) is 1. The van der Waals surface area contributed by atoms with Crippen molar-refractivity contribution in [3.05, 3.63) is 35.4 Å². The van der Waals surface area contributed by atoms with E-state index in [1.165, 1.54) is 0 Å². The second-order valence-electron chi connectivity index (χ2n) is 3.38. The van der Waals surface area contributed by atoms with Gasteiger partial charge in [0.25, 0.3) is 0 Å². The Labute approximate surface area is 89.0 Å². The van der Waals surface area contributed by atoms with Gasteiger partial charge in [-0.15, -0.1) is 0 Å². The Morgan fingerprint density at radius 1 is 1.53 bits per heavy atom. The number of carboxylic acid groups (broad SMARTS) is 1. The highest BCUT2D eigenvalue weighted by Gasteiger charge is 2.21. The molecular weight excluding hydrogens is 190 g/mol. The van der Waals surface area contributed by atoms with Crippen LogP contribution in [0.25, 0.3) is 0 Å². The van der Waals surface area contributed by atoms with Gasteiger partial charge in [0, 0.05) is 0 Å². The number of carboxylic acids is 1. The van der Waals surface area contributed by atoms with Gasteiger partial charge in [-0.05, 0) is 18.1 Å². The molecule has 0 aliphatic carbocycles. The molecular formula is C12H13NO2. The Hall–Kier alpha value is -1.82. The van der Waals surface area contributed by atoms with Gasteiger partial charge in [-0.25, -0.2) is 0 Å². The molecule has 0 aromatic heterocycles. The van der Waals surface area contributed by atoms with Crippen molar-refractivity contribution in [1.82, 2.24) is 0 Å². The van der Waals surface area contributed by atoms with Crippen LogP contribution in [0.5, 0.6) is 0 Å². The van der Waals surface area contributed by atoms with E-state index >= 15 is 0 Å². The SMILES string of the molecule is CCCC(C(=O)O)c1ccccc1C#N. The van der Waals surface area contributed by atoms with Crippen LogP contribution in [-0.2, 0) is 4.79 Å². The topological polar surface area (TPSA) is 61.1 Å². The summed E-state index contributed by atoms with van der Waals surface area (Å²) in [6, 6.07) is 8.90. The Morgan fingerprint density at radius 3 is 2.73 bits per heavy atom. The predicted molar refractivity (Wildman–Crippen MR) is 56.4 cm³/mol. The summed E-state index contributed by atoms with van der Waals surface area (Å²) < 4.78 is 0.